The Kier molecular flexibility index (Phi) is 8.63. The Morgan fingerprint density at radius 1 is 0.350 bits per heavy atom. The predicted octanol–water partition coefficient (Wildman–Crippen LogP) is 13.2. The first-order valence-corrected chi connectivity index (χ1v) is 20.1. The Hall–Kier alpha value is -8.02. The molecule has 0 amide bonds. The van der Waals surface area contributed by atoms with Crippen molar-refractivity contribution >= 4 is 10.9 Å². The highest BCUT2D eigenvalue weighted by molar-refractivity contribution is 5.94. The normalized spacial score (nSPS) is 12.6. The summed E-state index contributed by atoms with van der Waals surface area (Å²) in [6.45, 7) is 0. The second kappa shape index (κ2) is 14.7. The zero-order valence-electron chi connectivity index (χ0n) is 32.5. The average Bonchev–Trinajstić information content (AvgIpc) is 3.34. The Balaban J connectivity index is 1.15. The SMILES string of the molecule is c1ccc(-c2cccc(-c3nc(-c4ccccc4)nc(-c4ccc5c(c4)C(c4ccccc4)(c4ccccc4)c4cc(-c6cccc7cccnc67)ccc4O5)n3)c2)cc1. The van der Waals surface area contributed by atoms with Crippen LogP contribution in [0.2, 0.25) is 0 Å². The van der Waals surface area contributed by atoms with Gasteiger partial charge in [0.15, 0.2) is 17.5 Å². The van der Waals surface area contributed by atoms with E-state index < -0.39 is 5.41 Å². The zero-order chi connectivity index (χ0) is 39.9. The van der Waals surface area contributed by atoms with Crippen molar-refractivity contribution in [2.45, 2.75) is 5.41 Å². The fourth-order valence-corrected chi connectivity index (χ4v) is 8.72. The lowest BCUT2D eigenvalue weighted by molar-refractivity contribution is 0.435. The lowest BCUT2D eigenvalue weighted by Gasteiger charge is -2.42. The lowest BCUT2D eigenvalue weighted by atomic mass is 9.63. The molecule has 0 fully saturated rings. The second-order valence-corrected chi connectivity index (χ2v) is 15.0. The van der Waals surface area contributed by atoms with Crippen molar-refractivity contribution in [1.29, 1.82) is 0 Å². The van der Waals surface area contributed by atoms with Crippen molar-refractivity contribution in [3.8, 4) is 67.9 Å². The summed E-state index contributed by atoms with van der Waals surface area (Å²) in [5.74, 6) is 3.34. The number of nitrogens with zero attached hydrogens (tertiary/aromatic N) is 4. The molecule has 60 heavy (non-hydrogen) atoms. The largest absolute Gasteiger partial charge is 0.457 e. The smallest absolute Gasteiger partial charge is 0.164 e. The third-order valence-electron chi connectivity index (χ3n) is 11.5. The third kappa shape index (κ3) is 6.03. The van der Waals surface area contributed by atoms with Crippen molar-refractivity contribution in [1.82, 2.24) is 19.9 Å². The standard InChI is InChI=1S/C55H36N4O/c1-5-16-37(17-6-1)40-21-13-22-42(34-40)53-57-52(39-18-7-2-8-19-39)58-54(59-53)43-30-32-50-48(36-43)55(44-24-9-3-10-25-44,45-26-11-4-12-27-45)47-35-41(29-31-49(47)60-50)46-28-14-20-38-23-15-33-56-51(38)46/h1-36H. The molecule has 5 nitrogen and oxygen atoms in total. The van der Waals surface area contributed by atoms with Gasteiger partial charge >= 0.3 is 0 Å². The minimum atomic E-state index is -0.780. The van der Waals surface area contributed by atoms with Gasteiger partial charge in [-0.3, -0.25) is 4.98 Å². The van der Waals surface area contributed by atoms with Crippen LogP contribution in [0, 0.1) is 0 Å². The molecule has 0 atom stereocenters. The van der Waals surface area contributed by atoms with Crippen LogP contribution in [0.4, 0.5) is 0 Å². The van der Waals surface area contributed by atoms with E-state index in [1.165, 1.54) is 0 Å². The molecular formula is C55H36N4O. The molecule has 11 rings (SSSR count). The zero-order valence-corrected chi connectivity index (χ0v) is 32.5. The summed E-state index contributed by atoms with van der Waals surface area (Å²) in [5.41, 5.74) is 11.5. The van der Waals surface area contributed by atoms with Gasteiger partial charge in [-0.05, 0) is 70.3 Å². The number of para-hydroxylation sites is 1. The summed E-state index contributed by atoms with van der Waals surface area (Å²) in [6, 6.07) is 73.8. The van der Waals surface area contributed by atoms with Crippen LogP contribution in [0.15, 0.2) is 219 Å². The molecule has 0 saturated heterocycles. The number of rotatable bonds is 7. The van der Waals surface area contributed by atoms with Gasteiger partial charge in [-0.25, -0.2) is 15.0 Å². The second-order valence-electron chi connectivity index (χ2n) is 15.0. The lowest BCUT2D eigenvalue weighted by Crippen LogP contribution is -2.34. The van der Waals surface area contributed by atoms with E-state index in [4.69, 9.17) is 24.7 Å². The van der Waals surface area contributed by atoms with Gasteiger partial charge in [-0.15, -0.1) is 0 Å². The molecule has 2 aromatic heterocycles. The topological polar surface area (TPSA) is 60.8 Å². The number of pyridine rings is 1. The maximum Gasteiger partial charge on any atom is 0.164 e. The fraction of sp³-hybridized carbons (Fsp3) is 0.0182. The molecular weight excluding hydrogens is 733 g/mol. The highest BCUT2D eigenvalue weighted by Crippen LogP contribution is 2.56. The molecule has 0 saturated carbocycles. The number of benzene rings is 8. The van der Waals surface area contributed by atoms with E-state index in [0.717, 1.165) is 83.6 Å². The van der Waals surface area contributed by atoms with E-state index in [2.05, 4.69) is 170 Å². The first-order chi connectivity index (χ1) is 29.7. The number of ether oxygens (including phenoxy) is 1. The van der Waals surface area contributed by atoms with Gasteiger partial charge in [0, 0.05) is 45.0 Å². The predicted molar refractivity (Wildman–Crippen MR) is 241 cm³/mol. The number of aromatic nitrogens is 4. The third-order valence-corrected chi connectivity index (χ3v) is 11.5. The molecule has 0 bridgehead atoms. The summed E-state index contributed by atoms with van der Waals surface area (Å²) < 4.78 is 6.92. The van der Waals surface area contributed by atoms with Gasteiger partial charge in [0.1, 0.15) is 11.5 Å². The molecule has 5 heteroatoms. The van der Waals surface area contributed by atoms with Crippen LogP contribution in [0.5, 0.6) is 11.5 Å². The molecule has 3 heterocycles. The van der Waals surface area contributed by atoms with Gasteiger partial charge in [0.2, 0.25) is 0 Å². The van der Waals surface area contributed by atoms with Gasteiger partial charge in [0.05, 0.1) is 10.9 Å². The van der Waals surface area contributed by atoms with Crippen molar-refractivity contribution in [2.24, 2.45) is 0 Å². The van der Waals surface area contributed by atoms with Gasteiger partial charge in [-0.2, -0.15) is 0 Å². The molecule has 282 valence electrons. The highest BCUT2D eigenvalue weighted by atomic mass is 16.5. The molecule has 0 unspecified atom stereocenters. The molecule has 1 aliphatic heterocycles. The van der Waals surface area contributed by atoms with Crippen molar-refractivity contribution < 1.29 is 4.74 Å². The Bertz CT molecular complexity index is 3130. The summed E-state index contributed by atoms with van der Waals surface area (Å²) in [7, 11) is 0. The van der Waals surface area contributed by atoms with Crippen molar-refractivity contribution in [2.75, 3.05) is 0 Å². The van der Waals surface area contributed by atoms with Gasteiger partial charge in [0.25, 0.3) is 0 Å². The molecule has 0 spiro atoms. The van der Waals surface area contributed by atoms with E-state index in [1.807, 2.05) is 48.7 Å². The first-order valence-electron chi connectivity index (χ1n) is 20.1. The van der Waals surface area contributed by atoms with Crippen molar-refractivity contribution in [3.63, 3.8) is 0 Å². The molecule has 0 radical (unpaired) electrons. The minimum Gasteiger partial charge on any atom is -0.457 e. The van der Waals surface area contributed by atoms with Crippen LogP contribution >= 0.6 is 0 Å². The van der Waals surface area contributed by atoms with E-state index in [0.29, 0.717) is 17.5 Å². The molecule has 0 aliphatic carbocycles. The maximum atomic E-state index is 6.92. The average molecular weight is 769 g/mol. The summed E-state index contributed by atoms with van der Waals surface area (Å²) in [6.07, 6.45) is 1.86. The molecule has 1 aliphatic rings. The minimum absolute atomic E-state index is 0.572. The maximum absolute atomic E-state index is 6.92. The number of hydrogen-bond acceptors (Lipinski definition) is 5. The molecule has 8 aromatic carbocycles. The van der Waals surface area contributed by atoms with Crippen LogP contribution in [0.25, 0.3) is 67.3 Å². The van der Waals surface area contributed by atoms with E-state index in [9.17, 15) is 0 Å². The quantitative estimate of drug-likeness (QED) is 0.162. The van der Waals surface area contributed by atoms with Crippen LogP contribution in [-0.4, -0.2) is 19.9 Å². The van der Waals surface area contributed by atoms with Crippen LogP contribution in [-0.2, 0) is 5.41 Å². The number of hydrogen-bond donors (Lipinski definition) is 0. The fourth-order valence-electron chi connectivity index (χ4n) is 8.72. The van der Waals surface area contributed by atoms with Crippen LogP contribution in [0.3, 0.4) is 0 Å². The Morgan fingerprint density at radius 2 is 0.833 bits per heavy atom. The molecule has 0 N–H and O–H groups in total. The monoisotopic (exact) mass is 768 g/mol. The van der Waals surface area contributed by atoms with Crippen LogP contribution < -0.4 is 4.74 Å². The van der Waals surface area contributed by atoms with E-state index in [1.54, 1.807) is 0 Å². The van der Waals surface area contributed by atoms with E-state index in [-0.39, 0.29) is 0 Å². The highest BCUT2D eigenvalue weighted by Gasteiger charge is 2.46. The number of fused-ring (bicyclic) bond motifs is 3. The Labute approximate surface area is 348 Å². The van der Waals surface area contributed by atoms with Gasteiger partial charge in [-0.1, -0.05) is 170 Å². The van der Waals surface area contributed by atoms with Crippen LogP contribution in [0.1, 0.15) is 22.3 Å². The van der Waals surface area contributed by atoms with Gasteiger partial charge < -0.3 is 4.74 Å². The summed E-state index contributed by atoms with van der Waals surface area (Å²) >= 11 is 0. The summed E-state index contributed by atoms with van der Waals surface area (Å²) in [5, 5.41) is 1.09. The first kappa shape index (κ1) is 35.2. The van der Waals surface area contributed by atoms with E-state index >= 15 is 0 Å². The Morgan fingerprint density at radius 3 is 1.48 bits per heavy atom. The molecule has 10 aromatic rings. The van der Waals surface area contributed by atoms with Crippen molar-refractivity contribution in [3.05, 3.63) is 241 Å². The summed E-state index contributed by atoms with van der Waals surface area (Å²) in [4.78, 5) is 20.3.